The van der Waals surface area contributed by atoms with Crippen LogP contribution in [0.25, 0.3) is 0 Å². The van der Waals surface area contributed by atoms with Gasteiger partial charge >= 0.3 is 0 Å². The third kappa shape index (κ3) is 4.11. The maximum Gasteiger partial charge on any atom is 0.238 e. The van der Waals surface area contributed by atoms with Crippen molar-refractivity contribution in [3.05, 3.63) is 18.2 Å². The van der Waals surface area contributed by atoms with Gasteiger partial charge in [-0.3, -0.25) is 14.5 Å². The molecule has 2 rings (SSSR count). The fourth-order valence-corrected chi connectivity index (χ4v) is 2.44. The number of nitrogens with one attached hydrogen (secondary N) is 1. The van der Waals surface area contributed by atoms with Crippen molar-refractivity contribution in [1.29, 1.82) is 0 Å². The molecule has 1 aromatic carbocycles. The van der Waals surface area contributed by atoms with Gasteiger partial charge in [0.1, 0.15) is 5.75 Å². The molecule has 2 amide bonds. The standard InChI is InChI=1S/C15H22N4O3/c1-11(20)19-7-5-18(6-8-19)10-15(21)17-12-3-4-14(22-2)13(16)9-12/h3-4,9H,5-8,10,16H2,1-2H3,(H,17,21). The quantitative estimate of drug-likeness (QED) is 0.785. The van der Waals surface area contributed by atoms with E-state index in [1.54, 1.807) is 37.1 Å². The second-order valence-corrected chi connectivity index (χ2v) is 5.29. The van der Waals surface area contributed by atoms with Crippen LogP contribution in [0.4, 0.5) is 11.4 Å². The molecule has 1 heterocycles. The Morgan fingerprint density at radius 3 is 2.50 bits per heavy atom. The number of nitrogen functional groups attached to an aromatic ring is 1. The highest BCUT2D eigenvalue weighted by molar-refractivity contribution is 5.93. The van der Waals surface area contributed by atoms with Crippen molar-refractivity contribution in [2.45, 2.75) is 6.92 Å². The van der Waals surface area contributed by atoms with E-state index in [-0.39, 0.29) is 11.8 Å². The fourth-order valence-electron chi connectivity index (χ4n) is 2.44. The summed E-state index contributed by atoms with van der Waals surface area (Å²) >= 11 is 0. The van der Waals surface area contributed by atoms with E-state index in [4.69, 9.17) is 10.5 Å². The van der Waals surface area contributed by atoms with Gasteiger partial charge in [-0.15, -0.1) is 0 Å². The summed E-state index contributed by atoms with van der Waals surface area (Å²) in [4.78, 5) is 27.1. The van der Waals surface area contributed by atoms with Crippen LogP contribution in [0.2, 0.25) is 0 Å². The van der Waals surface area contributed by atoms with Crippen LogP contribution < -0.4 is 15.8 Å². The predicted octanol–water partition coefficient (Wildman–Crippen LogP) is 0.380. The van der Waals surface area contributed by atoms with Crippen LogP contribution >= 0.6 is 0 Å². The zero-order chi connectivity index (χ0) is 16.1. The summed E-state index contributed by atoms with van der Waals surface area (Å²) in [5, 5.41) is 2.82. The summed E-state index contributed by atoms with van der Waals surface area (Å²) in [5.74, 6) is 0.567. The SMILES string of the molecule is COc1ccc(NC(=O)CN2CCN(C(C)=O)CC2)cc1N. The first kappa shape index (κ1) is 16.1. The number of carbonyl (C=O) groups excluding carboxylic acids is 2. The monoisotopic (exact) mass is 306 g/mol. The molecule has 0 saturated carbocycles. The van der Waals surface area contributed by atoms with Gasteiger partial charge in [0.2, 0.25) is 11.8 Å². The van der Waals surface area contributed by atoms with E-state index in [1.165, 1.54) is 0 Å². The van der Waals surface area contributed by atoms with E-state index in [0.717, 1.165) is 0 Å². The summed E-state index contributed by atoms with van der Waals surface area (Å²) in [6, 6.07) is 5.14. The Hall–Kier alpha value is -2.28. The lowest BCUT2D eigenvalue weighted by Gasteiger charge is -2.33. The van der Waals surface area contributed by atoms with Crippen molar-refractivity contribution in [2.75, 3.05) is 50.9 Å². The molecule has 1 aromatic rings. The number of nitrogens with two attached hydrogens (primary N) is 1. The molecule has 22 heavy (non-hydrogen) atoms. The van der Waals surface area contributed by atoms with Crippen molar-refractivity contribution >= 4 is 23.2 Å². The van der Waals surface area contributed by atoms with Crippen molar-refractivity contribution in [3.8, 4) is 5.75 Å². The highest BCUT2D eigenvalue weighted by Crippen LogP contribution is 2.24. The Balaban J connectivity index is 1.83. The molecule has 1 aliphatic rings. The summed E-state index contributed by atoms with van der Waals surface area (Å²) < 4.78 is 5.08. The molecule has 1 aliphatic heterocycles. The second-order valence-electron chi connectivity index (χ2n) is 5.29. The minimum absolute atomic E-state index is 0.0813. The van der Waals surface area contributed by atoms with Crippen molar-refractivity contribution in [3.63, 3.8) is 0 Å². The van der Waals surface area contributed by atoms with E-state index >= 15 is 0 Å². The Morgan fingerprint density at radius 2 is 1.95 bits per heavy atom. The van der Waals surface area contributed by atoms with E-state index < -0.39 is 0 Å². The minimum Gasteiger partial charge on any atom is -0.495 e. The van der Waals surface area contributed by atoms with Gasteiger partial charge in [-0.1, -0.05) is 0 Å². The average molecular weight is 306 g/mol. The number of benzene rings is 1. The molecule has 0 unspecified atom stereocenters. The largest absolute Gasteiger partial charge is 0.495 e. The molecule has 0 bridgehead atoms. The number of hydrogen-bond acceptors (Lipinski definition) is 5. The zero-order valence-electron chi connectivity index (χ0n) is 13.0. The molecule has 1 saturated heterocycles. The van der Waals surface area contributed by atoms with E-state index in [0.29, 0.717) is 49.8 Å². The molecule has 120 valence electrons. The molecular weight excluding hydrogens is 284 g/mol. The molecule has 7 heteroatoms. The van der Waals surface area contributed by atoms with Gasteiger partial charge in [0, 0.05) is 38.8 Å². The van der Waals surface area contributed by atoms with Crippen LogP contribution in [0.1, 0.15) is 6.92 Å². The number of carbonyl (C=O) groups is 2. The number of ether oxygens (including phenoxy) is 1. The number of rotatable bonds is 4. The van der Waals surface area contributed by atoms with E-state index in [9.17, 15) is 9.59 Å². The molecule has 0 aromatic heterocycles. The predicted molar refractivity (Wildman–Crippen MR) is 84.7 cm³/mol. The van der Waals surface area contributed by atoms with Crippen molar-refractivity contribution in [2.24, 2.45) is 0 Å². The average Bonchev–Trinajstić information content (AvgIpc) is 2.48. The molecule has 0 radical (unpaired) electrons. The lowest BCUT2D eigenvalue weighted by Crippen LogP contribution is -2.49. The normalized spacial score (nSPS) is 15.5. The highest BCUT2D eigenvalue weighted by atomic mass is 16.5. The lowest BCUT2D eigenvalue weighted by atomic mass is 10.2. The van der Waals surface area contributed by atoms with Gasteiger partial charge in [-0.05, 0) is 18.2 Å². The molecule has 0 aliphatic carbocycles. The number of nitrogens with zero attached hydrogens (tertiary/aromatic N) is 2. The minimum atomic E-state index is -0.0964. The lowest BCUT2D eigenvalue weighted by molar-refractivity contribution is -0.130. The van der Waals surface area contributed by atoms with Crippen LogP contribution in [0, 0.1) is 0 Å². The molecule has 3 N–H and O–H groups in total. The van der Waals surface area contributed by atoms with Gasteiger partial charge < -0.3 is 20.7 Å². The first-order valence-corrected chi connectivity index (χ1v) is 7.21. The third-order valence-corrected chi connectivity index (χ3v) is 3.70. The van der Waals surface area contributed by atoms with Gasteiger partial charge in [0.15, 0.2) is 0 Å². The number of piperazine rings is 1. The summed E-state index contributed by atoms with van der Waals surface area (Å²) in [7, 11) is 1.55. The van der Waals surface area contributed by atoms with E-state index in [1.807, 2.05) is 4.90 Å². The van der Waals surface area contributed by atoms with Crippen LogP contribution in [-0.4, -0.2) is 61.4 Å². The van der Waals surface area contributed by atoms with Crippen molar-refractivity contribution in [1.82, 2.24) is 9.80 Å². The van der Waals surface area contributed by atoms with Crippen LogP contribution in [0.15, 0.2) is 18.2 Å². The topological polar surface area (TPSA) is 87.9 Å². The maximum atomic E-state index is 12.1. The summed E-state index contributed by atoms with van der Waals surface area (Å²) in [6.45, 7) is 4.61. The summed E-state index contributed by atoms with van der Waals surface area (Å²) in [5.41, 5.74) is 6.94. The second kappa shape index (κ2) is 7.13. The highest BCUT2D eigenvalue weighted by Gasteiger charge is 2.20. The molecule has 7 nitrogen and oxygen atoms in total. The summed E-state index contributed by atoms with van der Waals surface area (Å²) in [6.07, 6.45) is 0. The van der Waals surface area contributed by atoms with Crippen molar-refractivity contribution < 1.29 is 14.3 Å². The van der Waals surface area contributed by atoms with Crippen LogP contribution in [0.5, 0.6) is 5.75 Å². The Morgan fingerprint density at radius 1 is 1.27 bits per heavy atom. The third-order valence-electron chi connectivity index (χ3n) is 3.70. The van der Waals surface area contributed by atoms with Gasteiger partial charge in [-0.25, -0.2) is 0 Å². The molecule has 1 fully saturated rings. The zero-order valence-corrected chi connectivity index (χ0v) is 13.0. The number of hydrogen-bond donors (Lipinski definition) is 2. The number of anilines is 2. The Labute approximate surface area is 130 Å². The van der Waals surface area contributed by atoms with Crippen LogP contribution in [-0.2, 0) is 9.59 Å². The molecule has 0 atom stereocenters. The first-order chi connectivity index (χ1) is 10.5. The Kier molecular flexibility index (Phi) is 5.21. The van der Waals surface area contributed by atoms with E-state index in [2.05, 4.69) is 5.32 Å². The molecular formula is C15H22N4O3. The Bertz CT molecular complexity index is 554. The molecule has 0 spiro atoms. The number of amides is 2. The maximum absolute atomic E-state index is 12.1. The van der Waals surface area contributed by atoms with Gasteiger partial charge in [0.05, 0.1) is 19.3 Å². The van der Waals surface area contributed by atoms with Gasteiger partial charge in [0.25, 0.3) is 0 Å². The van der Waals surface area contributed by atoms with Crippen LogP contribution in [0.3, 0.4) is 0 Å². The first-order valence-electron chi connectivity index (χ1n) is 7.21. The number of methoxy groups -OCH3 is 1. The fraction of sp³-hybridized carbons (Fsp3) is 0.467. The van der Waals surface area contributed by atoms with Gasteiger partial charge in [-0.2, -0.15) is 0 Å². The smallest absolute Gasteiger partial charge is 0.238 e.